The van der Waals surface area contributed by atoms with E-state index in [0.717, 1.165) is 22.0 Å². The van der Waals surface area contributed by atoms with E-state index in [-0.39, 0.29) is 5.41 Å². The second kappa shape index (κ2) is 14.8. The summed E-state index contributed by atoms with van der Waals surface area (Å²) in [5, 5.41) is 5.91. The molecule has 0 saturated heterocycles. The summed E-state index contributed by atoms with van der Waals surface area (Å²) in [5.74, 6) is 0.902. The van der Waals surface area contributed by atoms with Crippen LogP contribution in [0, 0.1) is 0 Å². The summed E-state index contributed by atoms with van der Waals surface area (Å²) in [6.45, 7) is 8.70. The lowest BCUT2D eigenvalue weighted by molar-refractivity contribution is 0.660. The number of hydrogen-bond donors (Lipinski definition) is 0. The Balaban J connectivity index is 0.00000213. The maximum absolute atomic E-state index is 5.84. The highest BCUT2D eigenvalue weighted by molar-refractivity contribution is 8.33. The van der Waals surface area contributed by atoms with Crippen LogP contribution in [0.3, 0.4) is 0 Å². The molecule has 0 amide bonds. The van der Waals surface area contributed by atoms with Crippen molar-refractivity contribution in [1.82, 2.24) is 14.1 Å². The Morgan fingerprint density at radius 1 is 0.419 bits per heavy atom. The molecule has 11 aromatic rings. The van der Waals surface area contributed by atoms with Crippen molar-refractivity contribution in [3.05, 3.63) is 223 Å². The largest absolute Gasteiger partial charge is 0.309 e. The van der Waals surface area contributed by atoms with E-state index in [4.69, 9.17) is 4.98 Å². The van der Waals surface area contributed by atoms with Gasteiger partial charge in [-0.1, -0.05) is 161 Å². The fourth-order valence-corrected chi connectivity index (χ4v) is 14.0. The molecule has 4 heteroatoms. The lowest BCUT2D eigenvalue weighted by Crippen LogP contribution is -2.14. The fourth-order valence-electron chi connectivity index (χ4n) is 10.2. The van der Waals surface area contributed by atoms with Gasteiger partial charge < -0.3 is 4.57 Å². The van der Waals surface area contributed by atoms with Crippen molar-refractivity contribution >= 4 is 53.6 Å². The first-order chi connectivity index (χ1) is 30.5. The van der Waals surface area contributed by atoms with E-state index in [1.807, 2.05) is 13.8 Å². The molecule has 3 aromatic heterocycles. The van der Waals surface area contributed by atoms with Gasteiger partial charge in [0.2, 0.25) is 0 Å². The van der Waals surface area contributed by atoms with E-state index in [9.17, 15) is 0 Å². The van der Waals surface area contributed by atoms with E-state index in [1.54, 1.807) is 0 Å². The van der Waals surface area contributed by atoms with Crippen LogP contribution >= 0.6 is 10.0 Å². The molecule has 0 saturated carbocycles. The van der Waals surface area contributed by atoms with Gasteiger partial charge in [-0.3, -0.25) is 4.57 Å². The Labute approximate surface area is 364 Å². The van der Waals surface area contributed by atoms with Gasteiger partial charge in [-0.05, 0) is 101 Å². The smallest absolute Gasteiger partial charge is 0.138 e. The molecule has 1 aliphatic rings. The van der Waals surface area contributed by atoms with Crippen molar-refractivity contribution in [2.45, 2.75) is 52.8 Å². The zero-order valence-electron chi connectivity index (χ0n) is 35.5. The van der Waals surface area contributed by atoms with Gasteiger partial charge >= 0.3 is 0 Å². The van der Waals surface area contributed by atoms with E-state index in [1.165, 1.54) is 75.0 Å². The number of pyridine rings is 1. The molecule has 1 aliphatic carbocycles. The van der Waals surface area contributed by atoms with Crippen molar-refractivity contribution < 1.29 is 0 Å². The van der Waals surface area contributed by atoms with Crippen molar-refractivity contribution in [2.75, 3.05) is 0 Å². The van der Waals surface area contributed by atoms with Gasteiger partial charge in [0, 0.05) is 47.3 Å². The summed E-state index contributed by atoms with van der Waals surface area (Å²) in [7, 11) is -2.00. The van der Waals surface area contributed by atoms with E-state index in [2.05, 4.69) is 235 Å². The maximum Gasteiger partial charge on any atom is 0.138 e. The molecule has 8 aromatic carbocycles. The summed E-state index contributed by atoms with van der Waals surface area (Å²) < 4.78 is 4.90. The molecule has 0 N–H and O–H groups in total. The van der Waals surface area contributed by atoms with Crippen LogP contribution in [0.4, 0.5) is 0 Å². The molecule has 62 heavy (non-hydrogen) atoms. The first-order valence-electron chi connectivity index (χ1n) is 21.7. The number of aromatic nitrogens is 3. The number of fused-ring (bicyclic) bond motifs is 10. The minimum Gasteiger partial charge on any atom is -0.309 e. The third-order valence-electron chi connectivity index (χ3n) is 12.8. The number of para-hydroxylation sites is 2. The van der Waals surface area contributed by atoms with Gasteiger partial charge in [0.1, 0.15) is 5.82 Å². The summed E-state index contributed by atoms with van der Waals surface area (Å²) in [5.41, 5.74) is 11.2. The van der Waals surface area contributed by atoms with Gasteiger partial charge in [-0.15, -0.1) is 10.0 Å². The van der Waals surface area contributed by atoms with Crippen LogP contribution in [-0.2, 0) is 5.41 Å². The van der Waals surface area contributed by atoms with Crippen LogP contribution in [0.15, 0.2) is 232 Å². The van der Waals surface area contributed by atoms with Gasteiger partial charge in [0.15, 0.2) is 0 Å². The molecule has 0 unspecified atom stereocenters. The van der Waals surface area contributed by atoms with Gasteiger partial charge in [-0.25, -0.2) is 4.98 Å². The topological polar surface area (TPSA) is 22.8 Å². The molecule has 3 heterocycles. The summed E-state index contributed by atoms with van der Waals surface area (Å²) in [6.07, 6.45) is 0. The van der Waals surface area contributed by atoms with E-state index in [0.29, 0.717) is 0 Å². The first kappa shape index (κ1) is 37.8. The quantitative estimate of drug-likeness (QED) is 0.164. The zero-order chi connectivity index (χ0) is 42.0. The van der Waals surface area contributed by atoms with E-state index < -0.39 is 10.0 Å². The summed E-state index contributed by atoms with van der Waals surface area (Å²) in [4.78, 5) is 9.59. The zero-order valence-corrected chi connectivity index (χ0v) is 36.3. The molecule has 0 bridgehead atoms. The molecular formula is C58H47N3S. The normalized spacial score (nSPS) is 13.2. The van der Waals surface area contributed by atoms with Gasteiger partial charge in [-0.2, -0.15) is 0 Å². The third-order valence-corrected chi connectivity index (χ3v) is 16.6. The van der Waals surface area contributed by atoms with Gasteiger partial charge in [0.05, 0.1) is 27.1 Å². The third kappa shape index (κ3) is 5.43. The number of hydrogen-bond acceptors (Lipinski definition) is 1. The average Bonchev–Trinajstić information content (AvgIpc) is 3.94. The molecule has 0 aliphatic heterocycles. The molecule has 3 nitrogen and oxygen atoms in total. The van der Waals surface area contributed by atoms with Gasteiger partial charge in [0.25, 0.3) is 0 Å². The Kier molecular flexibility index (Phi) is 9.03. The van der Waals surface area contributed by atoms with Crippen LogP contribution in [0.25, 0.3) is 66.2 Å². The Morgan fingerprint density at radius 2 is 0.968 bits per heavy atom. The maximum atomic E-state index is 5.84. The molecular weight excluding hydrogens is 771 g/mol. The number of nitrogens with zero attached hydrogens (tertiary/aromatic N) is 3. The van der Waals surface area contributed by atoms with Crippen molar-refractivity contribution in [1.29, 1.82) is 0 Å². The van der Waals surface area contributed by atoms with Crippen LogP contribution in [0.5, 0.6) is 0 Å². The van der Waals surface area contributed by atoms with Crippen LogP contribution in [-0.4, -0.2) is 14.1 Å². The molecule has 12 rings (SSSR count). The lowest BCUT2D eigenvalue weighted by atomic mass is 9.82. The molecule has 0 atom stereocenters. The number of rotatable bonds is 6. The van der Waals surface area contributed by atoms with Crippen molar-refractivity contribution in [3.63, 3.8) is 0 Å². The monoisotopic (exact) mass is 817 g/mol. The second-order valence-electron chi connectivity index (χ2n) is 16.3. The highest BCUT2D eigenvalue weighted by Gasteiger charge is 2.37. The molecule has 0 fully saturated rings. The standard InChI is InChI=1S/C56H41N3S.C2H6/c1-56(2)47-28-15-12-25-42(47)46-37-38(33-35-48(46)56)58-50-30-17-14-27-45(50)54-51(58)36-34-44-43-26-13-16-29-49(43)59(55(44)54)52-31-18-32-53(57-52)60(39-19-6-3-7-20-39,40-21-8-4-9-22-40)41-23-10-5-11-24-41;1-2/h3-37H,1-2H3;1-2H3. The SMILES string of the molecule is CC.CC1(C)c2ccccc2-c2cc(-n3c4ccccc4c4c3ccc3c5ccccc5n(-c5cccc(S(c6ccccc6)(c6ccccc6)c6ccccc6)n5)c34)ccc21. The fraction of sp³-hybridized carbons (Fsp3) is 0.0862. The molecule has 300 valence electrons. The predicted molar refractivity (Wildman–Crippen MR) is 262 cm³/mol. The highest BCUT2D eigenvalue weighted by atomic mass is 32.3. The Bertz CT molecular complexity index is 3360. The first-order valence-corrected chi connectivity index (χ1v) is 23.3. The van der Waals surface area contributed by atoms with Crippen LogP contribution in [0.1, 0.15) is 38.8 Å². The minimum atomic E-state index is -2.00. The number of benzene rings is 8. The average molecular weight is 818 g/mol. The molecule has 0 radical (unpaired) electrons. The Hall–Kier alpha value is -7.14. The lowest BCUT2D eigenvalue weighted by Gasteiger charge is -2.41. The van der Waals surface area contributed by atoms with Crippen LogP contribution < -0.4 is 0 Å². The van der Waals surface area contributed by atoms with Crippen molar-refractivity contribution in [3.8, 4) is 22.6 Å². The van der Waals surface area contributed by atoms with Crippen LogP contribution in [0.2, 0.25) is 0 Å². The predicted octanol–water partition coefficient (Wildman–Crippen LogP) is 15.9. The summed E-state index contributed by atoms with van der Waals surface area (Å²) >= 11 is 0. The highest BCUT2D eigenvalue weighted by Crippen LogP contribution is 2.73. The minimum absolute atomic E-state index is 0.0548. The molecule has 0 spiro atoms. The van der Waals surface area contributed by atoms with E-state index >= 15 is 0 Å². The summed E-state index contributed by atoms with van der Waals surface area (Å²) in [6, 6.07) is 78.0. The second-order valence-corrected chi connectivity index (χ2v) is 19.4. The van der Waals surface area contributed by atoms with Crippen molar-refractivity contribution in [2.24, 2.45) is 0 Å². The Morgan fingerprint density at radius 3 is 1.63 bits per heavy atom.